The van der Waals surface area contributed by atoms with Gasteiger partial charge in [-0.05, 0) is 6.07 Å². The van der Waals surface area contributed by atoms with Gasteiger partial charge in [0.2, 0.25) is 5.88 Å². The number of rotatable bonds is 5. The molecule has 0 spiro atoms. The van der Waals surface area contributed by atoms with Crippen LogP contribution in [0.15, 0.2) is 77.9 Å². The van der Waals surface area contributed by atoms with Gasteiger partial charge in [-0.25, -0.2) is 18.8 Å². The van der Waals surface area contributed by atoms with E-state index in [0.29, 0.717) is 11.4 Å². The zero-order valence-electron chi connectivity index (χ0n) is 13.6. The van der Waals surface area contributed by atoms with Crippen molar-refractivity contribution < 1.29 is 13.5 Å². The molecule has 0 atom stereocenters. The highest BCUT2D eigenvalue weighted by molar-refractivity contribution is 6.13. The number of pyridine rings is 1. The molecule has 0 aliphatic carbocycles. The molecule has 0 N–H and O–H groups in total. The van der Waals surface area contributed by atoms with Crippen molar-refractivity contribution in [2.24, 2.45) is 4.99 Å². The first-order valence-electron chi connectivity index (χ1n) is 7.70. The Morgan fingerprint density at radius 1 is 0.960 bits per heavy atom. The summed E-state index contributed by atoms with van der Waals surface area (Å²) in [4.78, 5) is 8.53. The third kappa shape index (κ3) is 3.88. The van der Waals surface area contributed by atoms with Crippen LogP contribution in [0.5, 0.6) is 5.88 Å². The molecule has 0 saturated heterocycles. The number of hydrogen-bond donors (Lipinski definition) is 0. The highest BCUT2D eigenvalue weighted by Crippen LogP contribution is 2.30. The second kappa shape index (κ2) is 7.66. The Bertz CT molecular complexity index is 824. The topological polar surface area (TPSA) is 34.5 Å². The van der Waals surface area contributed by atoms with Crippen LogP contribution < -0.4 is 4.74 Å². The standard InChI is InChI=1S/C20H16F2N2O/c1-25-20-17(19(21)22)12-16(13-23-20)24-18(14-8-4-2-5-9-14)15-10-6-3-7-11-15/h2-13,19H,1H3. The van der Waals surface area contributed by atoms with Crippen LogP contribution >= 0.6 is 0 Å². The average Bonchev–Trinajstić information content (AvgIpc) is 2.67. The molecule has 0 amide bonds. The first-order valence-corrected chi connectivity index (χ1v) is 7.70. The molecule has 25 heavy (non-hydrogen) atoms. The average molecular weight is 338 g/mol. The van der Waals surface area contributed by atoms with Crippen LogP contribution in [0.2, 0.25) is 0 Å². The predicted octanol–water partition coefficient (Wildman–Crippen LogP) is 5.20. The molecule has 3 nitrogen and oxygen atoms in total. The second-order valence-electron chi connectivity index (χ2n) is 5.29. The summed E-state index contributed by atoms with van der Waals surface area (Å²) >= 11 is 0. The Morgan fingerprint density at radius 2 is 1.52 bits per heavy atom. The fraction of sp³-hybridized carbons (Fsp3) is 0.100. The second-order valence-corrected chi connectivity index (χ2v) is 5.29. The van der Waals surface area contributed by atoms with E-state index in [0.717, 1.165) is 11.1 Å². The van der Waals surface area contributed by atoms with E-state index < -0.39 is 6.43 Å². The highest BCUT2D eigenvalue weighted by Gasteiger charge is 2.16. The van der Waals surface area contributed by atoms with E-state index in [2.05, 4.69) is 9.98 Å². The first-order chi connectivity index (χ1) is 12.2. The van der Waals surface area contributed by atoms with Crippen LogP contribution in [0.25, 0.3) is 0 Å². The van der Waals surface area contributed by atoms with Crippen LogP contribution in [-0.2, 0) is 0 Å². The normalized spacial score (nSPS) is 10.6. The zero-order chi connectivity index (χ0) is 17.6. The number of aliphatic imine (C=N–C) groups is 1. The van der Waals surface area contributed by atoms with Crippen molar-refractivity contribution in [3.8, 4) is 5.88 Å². The Kier molecular flexibility index (Phi) is 5.14. The van der Waals surface area contributed by atoms with Crippen LogP contribution in [0.3, 0.4) is 0 Å². The summed E-state index contributed by atoms with van der Waals surface area (Å²) in [6.07, 6.45) is -1.26. The van der Waals surface area contributed by atoms with E-state index in [9.17, 15) is 8.78 Å². The van der Waals surface area contributed by atoms with Crippen molar-refractivity contribution in [1.29, 1.82) is 0 Å². The third-order valence-electron chi connectivity index (χ3n) is 3.63. The molecular weight excluding hydrogens is 322 g/mol. The summed E-state index contributed by atoms with van der Waals surface area (Å²) in [5, 5.41) is 0. The maximum absolute atomic E-state index is 13.2. The lowest BCUT2D eigenvalue weighted by molar-refractivity contribution is 0.146. The number of nitrogens with zero attached hydrogens (tertiary/aromatic N) is 2. The maximum atomic E-state index is 13.2. The minimum Gasteiger partial charge on any atom is -0.481 e. The van der Waals surface area contributed by atoms with Crippen LogP contribution in [0, 0.1) is 0 Å². The summed E-state index contributed by atoms with van der Waals surface area (Å²) in [6.45, 7) is 0. The molecule has 1 heterocycles. The summed E-state index contributed by atoms with van der Waals surface area (Å²) in [5.41, 5.74) is 2.54. The van der Waals surface area contributed by atoms with E-state index >= 15 is 0 Å². The summed E-state index contributed by atoms with van der Waals surface area (Å²) in [5.74, 6) is -0.0880. The maximum Gasteiger partial charge on any atom is 0.269 e. The van der Waals surface area contributed by atoms with E-state index in [4.69, 9.17) is 4.74 Å². The molecule has 1 aromatic heterocycles. The molecule has 0 aliphatic heterocycles. The van der Waals surface area contributed by atoms with E-state index in [1.54, 1.807) is 0 Å². The van der Waals surface area contributed by atoms with Gasteiger partial charge in [-0.3, -0.25) is 0 Å². The van der Waals surface area contributed by atoms with Gasteiger partial charge >= 0.3 is 0 Å². The molecule has 5 heteroatoms. The molecule has 0 radical (unpaired) electrons. The van der Waals surface area contributed by atoms with Crippen molar-refractivity contribution in [3.63, 3.8) is 0 Å². The third-order valence-corrected chi connectivity index (χ3v) is 3.63. The van der Waals surface area contributed by atoms with Gasteiger partial charge in [-0.2, -0.15) is 0 Å². The molecule has 0 unspecified atom stereocenters. The zero-order valence-corrected chi connectivity index (χ0v) is 13.6. The van der Waals surface area contributed by atoms with Crippen molar-refractivity contribution in [2.45, 2.75) is 6.43 Å². The van der Waals surface area contributed by atoms with Crippen molar-refractivity contribution in [3.05, 3.63) is 89.6 Å². The molecule has 3 aromatic rings. The van der Waals surface area contributed by atoms with Crippen molar-refractivity contribution in [2.75, 3.05) is 7.11 Å². The van der Waals surface area contributed by atoms with Gasteiger partial charge in [-0.1, -0.05) is 60.7 Å². The number of ether oxygens (including phenoxy) is 1. The minimum absolute atomic E-state index is 0.0880. The molecule has 126 valence electrons. The van der Waals surface area contributed by atoms with Gasteiger partial charge in [0.15, 0.2) is 0 Å². The fourth-order valence-corrected chi connectivity index (χ4v) is 2.46. The molecule has 3 rings (SSSR count). The van der Waals surface area contributed by atoms with Crippen molar-refractivity contribution in [1.82, 2.24) is 4.98 Å². The molecule has 0 fully saturated rings. The monoisotopic (exact) mass is 338 g/mol. The van der Waals surface area contributed by atoms with Gasteiger partial charge < -0.3 is 4.74 Å². The lowest BCUT2D eigenvalue weighted by atomic mass is 10.0. The van der Waals surface area contributed by atoms with E-state index in [1.165, 1.54) is 19.4 Å². The summed E-state index contributed by atoms with van der Waals surface area (Å²) in [7, 11) is 1.32. The molecule has 0 bridgehead atoms. The Balaban J connectivity index is 2.12. The summed E-state index contributed by atoms with van der Waals surface area (Å²) in [6, 6.07) is 20.5. The lowest BCUT2D eigenvalue weighted by Gasteiger charge is -2.10. The van der Waals surface area contributed by atoms with Crippen LogP contribution in [-0.4, -0.2) is 17.8 Å². The smallest absolute Gasteiger partial charge is 0.269 e. The first kappa shape index (κ1) is 16.8. The Labute approximate surface area is 144 Å². The van der Waals surface area contributed by atoms with Crippen LogP contribution in [0.4, 0.5) is 14.5 Å². The fourth-order valence-electron chi connectivity index (χ4n) is 2.46. The lowest BCUT2D eigenvalue weighted by Crippen LogP contribution is -2.03. The van der Waals surface area contributed by atoms with Gasteiger partial charge in [0.05, 0.1) is 30.3 Å². The van der Waals surface area contributed by atoms with Gasteiger partial charge in [0, 0.05) is 11.1 Å². The van der Waals surface area contributed by atoms with E-state index in [1.807, 2.05) is 60.7 Å². The number of hydrogen-bond acceptors (Lipinski definition) is 3. The van der Waals surface area contributed by atoms with E-state index in [-0.39, 0.29) is 11.4 Å². The van der Waals surface area contributed by atoms with Gasteiger partial charge in [-0.15, -0.1) is 0 Å². The SMILES string of the molecule is COc1ncc(N=C(c2ccccc2)c2ccccc2)cc1C(F)F. The van der Waals surface area contributed by atoms with Gasteiger partial charge in [0.1, 0.15) is 0 Å². The predicted molar refractivity (Wildman–Crippen MR) is 93.9 cm³/mol. The number of benzene rings is 2. The molecule has 0 saturated carbocycles. The molecule has 0 aliphatic rings. The molecular formula is C20H16F2N2O. The number of halogens is 2. The summed E-state index contributed by atoms with van der Waals surface area (Å²) < 4.78 is 31.3. The quantitative estimate of drug-likeness (QED) is 0.600. The highest BCUT2D eigenvalue weighted by atomic mass is 19.3. The van der Waals surface area contributed by atoms with Crippen molar-refractivity contribution >= 4 is 11.4 Å². The molecule has 2 aromatic carbocycles. The van der Waals surface area contributed by atoms with Crippen LogP contribution in [0.1, 0.15) is 23.1 Å². The number of methoxy groups -OCH3 is 1. The largest absolute Gasteiger partial charge is 0.481 e. The Morgan fingerprint density at radius 3 is 2.00 bits per heavy atom. The van der Waals surface area contributed by atoms with Gasteiger partial charge in [0.25, 0.3) is 6.43 Å². The number of aromatic nitrogens is 1. The minimum atomic E-state index is -2.69. The number of alkyl halides is 2. The Hall–Kier alpha value is -3.08.